The van der Waals surface area contributed by atoms with E-state index in [2.05, 4.69) is 38.2 Å². The summed E-state index contributed by atoms with van der Waals surface area (Å²) in [6.45, 7) is 4.80. The molecule has 0 spiro atoms. The molecule has 0 aliphatic carbocycles. The Morgan fingerprint density at radius 1 is 0.382 bits per heavy atom. The second-order valence-corrected chi connectivity index (χ2v) is 23.8. The minimum Gasteiger partial charge on any atom is -0.545 e. The van der Waals surface area contributed by atoms with Crippen molar-refractivity contribution in [1.82, 2.24) is 0 Å². The quantitative estimate of drug-likeness (QED) is 0.0195. The summed E-state index contributed by atoms with van der Waals surface area (Å²) in [6, 6.07) is 0. The highest BCUT2D eigenvalue weighted by Crippen LogP contribution is 2.18. The number of aliphatic carboxylic acids is 1. The number of allylic oxidation sites excluding steroid dienone is 4. The number of carbonyl (C=O) groups excluding carboxylic acids is 3. The van der Waals surface area contributed by atoms with Gasteiger partial charge in [0.2, 0.25) is 0 Å². The number of hydrogen-bond acceptors (Lipinski definition) is 8. The van der Waals surface area contributed by atoms with E-state index >= 15 is 0 Å². The molecular weight excluding hydrogens is 947 g/mol. The van der Waals surface area contributed by atoms with Crippen molar-refractivity contribution in [2.45, 2.75) is 341 Å². The van der Waals surface area contributed by atoms with E-state index in [0.29, 0.717) is 17.4 Å². The third-order valence-electron chi connectivity index (χ3n) is 14.9. The summed E-state index contributed by atoms with van der Waals surface area (Å²) < 4.78 is 22.8. The summed E-state index contributed by atoms with van der Waals surface area (Å²) in [5.74, 6) is -2.26. The first-order valence-corrected chi connectivity index (χ1v) is 33.0. The second kappa shape index (κ2) is 58.9. The molecule has 0 aliphatic rings. The summed E-state index contributed by atoms with van der Waals surface area (Å²) in [5, 5.41) is 11.8. The minimum absolute atomic E-state index is 0.150. The topological polar surface area (TPSA) is 111 Å². The van der Waals surface area contributed by atoms with Crippen molar-refractivity contribution in [3.63, 3.8) is 0 Å². The molecule has 0 aromatic carbocycles. The maximum Gasteiger partial charge on any atom is 0.306 e. The smallest absolute Gasteiger partial charge is 0.306 e. The van der Waals surface area contributed by atoms with Gasteiger partial charge < -0.3 is 33.3 Å². The number of carboxylic acids is 1. The first-order chi connectivity index (χ1) is 37.1. The molecule has 0 N–H and O–H groups in total. The summed E-state index contributed by atoms with van der Waals surface area (Å²) in [6.07, 6.45) is 68.3. The predicted molar refractivity (Wildman–Crippen MR) is 320 cm³/mol. The lowest BCUT2D eigenvalue weighted by molar-refractivity contribution is -0.870. The van der Waals surface area contributed by atoms with E-state index in [9.17, 15) is 19.5 Å². The van der Waals surface area contributed by atoms with E-state index in [1.165, 1.54) is 263 Å². The van der Waals surface area contributed by atoms with Gasteiger partial charge >= 0.3 is 11.9 Å². The molecule has 0 radical (unpaired) electrons. The van der Waals surface area contributed by atoms with E-state index in [-0.39, 0.29) is 32.2 Å². The third kappa shape index (κ3) is 59.4. The maximum atomic E-state index is 12.9. The monoisotopic (exact) mass is 1070 g/mol. The van der Waals surface area contributed by atoms with Gasteiger partial charge in [0.05, 0.1) is 40.3 Å². The van der Waals surface area contributed by atoms with Gasteiger partial charge in [-0.1, -0.05) is 276 Å². The van der Waals surface area contributed by atoms with E-state index < -0.39 is 24.3 Å². The number of quaternary nitrogens is 1. The van der Waals surface area contributed by atoms with E-state index in [0.717, 1.165) is 38.5 Å². The van der Waals surface area contributed by atoms with Crippen molar-refractivity contribution in [2.75, 3.05) is 47.5 Å². The van der Waals surface area contributed by atoms with Crippen molar-refractivity contribution in [3.8, 4) is 0 Å². The maximum absolute atomic E-state index is 12.9. The predicted octanol–water partition coefficient (Wildman–Crippen LogP) is 18.5. The summed E-state index contributed by atoms with van der Waals surface area (Å²) in [5.41, 5.74) is 0. The lowest BCUT2D eigenvalue weighted by atomic mass is 10.0. The zero-order valence-corrected chi connectivity index (χ0v) is 51.2. The van der Waals surface area contributed by atoms with Crippen molar-refractivity contribution < 1.29 is 42.9 Å². The van der Waals surface area contributed by atoms with Crippen LogP contribution in [0.15, 0.2) is 24.3 Å². The van der Waals surface area contributed by atoms with Gasteiger partial charge in [-0.05, 0) is 64.2 Å². The van der Waals surface area contributed by atoms with E-state index in [1.54, 1.807) is 0 Å². The Bertz CT molecular complexity index is 1300. The fraction of sp³-hybridized carbons (Fsp3) is 0.896. The van der Waals surface area contributed by atoms with Crippen LogP contribution in [-0.4, -0.2) is 82.3 Å². The number of esters is 2. The Morgan fingerprint density at radius 3 is 0.974 bits per heavy atom. The number of likely N-dealkylation sites (N-methyl/N-ethyl adjacent to an activating group) is 1. The van der Waals surface area contributed by atoms with Crippen LogP contribution in [0, 0.1) is 0 Å². The van der Waals surface area contributed by atoms with Crippen molar-refractivity contribution in [2.24, 2.45) is 0 Å². The molecule has 0 saturated heterocycles. The molecule has 76 heavy (non-hydrogen) atoms. The number of unbranched alkanes of at least 4 members (excludes halogenated alkanes) is 43. The van der Waals surface area contributed by atoms with Gasteiger partial charge in [-0.2, -0.15) is 0 Å². The van der Waals surface area contributed by atoms with Crippen molar-refractivity contribution in [1.29, 1.82) is 0 Å². The number of carboxylic acid groups (broad SMARTS) is 1. The first kappa shape index (κ1) is 73.8. The van der Waals surface area contributed by atoms with Gasteiger partial charge in [-0.25, -0.2) is 0 Å². The lowest BCUT2D eigenvalue weighted by Gasteiger charge is -2.26. The Balaban J connectivity index is 4.05. The van der Waals surface area contributed by atoms with E-state index in [4.69, 9.17) is 18.9 Å². The average Bonchev–Trinajstić information content (AvgIpc) is 3.39. The van der Waals surface area contributed by atoms with Crippen LogP contribution in [0.3, 0.4) is 0 Å². The normalized spacial score (nSPS) is 12.8. The Morgan fingerprint density at radius 2 is 0.671 bits per heavy atom. The molecule has 0 heterocycles. The highest BCUT2D eigenvalue weighted by molar-refractivity contribution is 5.70. The highest BCUT2D eigenvalue weighted by atomic mass is 16.7. The van der Waals surface area contributed by atoms with Gasteiger partial charge in [0.25, 0.3) is 0 Å². The number of hydrogen-bond donors (Lipinski definition) is 0. The molecule has 0 aromatic rings. The van der Waals surface area contributed by atoms with Crippen LogP contribution in [-0.2, 0) is 33.3 Å². The fourth-order valence-corrected chi connectivity index (χ4v) is 9.82. The van der Waals surface area contributed by atoms with Gasteiger partial charge in [0, 0.05) is 12.8 Å². The second-order valence-electron chi connectivity index (χ2n) is 23.8. The molecule has 9 nitrogen and oxygen atoms in total. The molecule has 0 rings (SSSR count). The number of nitrogens with zero attached hydrogens (tertiary/aromatic N) is 1. The van der Waals surface area contributed by atoms with Crippen LogP contribution < -0.4 is 5.11 Å². The summed E-state index contributed by atoms with van der Waals surface area (Å²) >= 11 is 0. The number of carbonyl (C=O) groups is 3. The largest absolute Gasteiger partial charge is 0.545 e. The molecule has 0 amide bonds. The summed E-state index contributed by atoms with van der Waals surface area (Å²) in [4.78, 5) is 37.4. The molecule has 0 saturated carbocycles. The van der Waals surface area contributed by atoms with Crippen LogP contribution >= 0.6 is 0 Å². The zero-order chi connectivity index (χ0) is 55.5. The SMILES string of the molecule is CCCCCCCCC/C=C\CCCCCCCCCC(=O)OCC(COC(OCC[N+](C)(C)C)C(=O)[O-])OC(=O)CCCCCCCCCCCCCCCCCCCCCCC/C=C\CCCCCCCCCC. The standard InChI is InChI=1S/C67H127NO8/c1-6-8-10-12-14-16-18-20-22-24-26-27-28-29-30-31-32-33-34-35-36-37-38-39-40-42-44-46-48-50-52-54-56-58-65(70)76-63(62-75-67(66(71)72)73-60-59-68(3,4)5)61-74-64(69)57-55-53-51-49-47-45-43-41-25-23-21-19-17-15-13-11-9-7-2/h23-26,63,67H,6-22,27-62H2,1-5H3/b25-23-,26-24-. The Kier molecular flexibility index (Phi) is 57.2. The highest BCUT2D eigenvalue weighted by Gasteiger charge is 2.22. The molecule has 0 aliphatic heterocycles. The van der Waals surface area contributed by atoms with Crippen molar-refractivity contribution in [3.05, 3.63) is 24.3 Å². The molecule has 448 valence electrons. The van der Waals surface area contributed by atoms with Crippen molar-refractivity contribution >= 4 is 17.9 Å². The number of ether oxygens (including phenoxy) is 4. The van der Waals surface area contributed by atoms with Crippen LogP contribution in [0.4, 0.5) is 0 Å². The van der Waals surface area contributed by atoms with Gasteiger partial charge in [0.15, 0.2) is 12.4 Å². The summed E-state index contributed by atoms with van der Waals surface area (Å²) in [7, 11) is 5.94. The lowest BCUT2D eigenvalue weighted by Crippen LogP contribution is -2.44. The van der Waals surface area contributed by atoms with Gasteiger partial charge in [-0.15, -0.1) is 0 Å². The van der Waals surface area contributed by atoms with Gasteiger partial charge in [-0.3, -0.25) is 9.59 Å². The van der Waals surface area contributed by atoms with Crippen LogP contribution in [0.25, 0.3) is 0 Å². The molecule has 0 aromatic heterocycles. The molecule has 2 unspecified atom stereocenters. The molecule has 0 bridgehead atoms. The Labute approximate surface area is 471 Å². The van der Waals surface area contributed by atoms with Gasteiger partial charge in [0.1, 0.15) is 13.2 Å². The van der Waals surface area contributed by atoms with Crippen LogP contribution in [0.2, 0.25) is 0 Å². The minimum atomic E-state index is -1.62. The van der Waals surface area contributed by atoms with Crippen LogP contribution in [0.5, 0.6) is 0 Å². The molecule has 0 fully saturated rings. The number of rotatable bonds is 62. The third-order valence-corrected chi connectivity index (χ3v) is 14.9. The van der Waals surface area contributed by atoms with Crippen LogP contribution in [0.1, 0.15) is 328 Å². The molecule has 9 heteroatoms. The first-order valence-electron chi connectivity index (χ1n) is 33.0. The Hall–Kier alpha value is -2.23. The molecular formula is C67H127NO8. The average molecular weight is 1070 g/mol. The molecule has 2 atom stereocenters. The fourth-order valence-electron chi connectivity index (χ4n) is 9.82. The van der Waals surface area contributed by atoms with E-state index in [1.807, 2.05) is 21.1 Å². The zero-order valence-electron chi connectivity index (χ0n) is 51.2.